The van der Waals surface area contributed by atoms with Gasteiger partial charge in [0, 0.05) is 12.6 Å². The van der Waals surface area contributed by atoms with E-state index in [9.17, 15) is 9.90 Å². The lowest BCUT2D eigenvalue weighted by Crippen LogP contribution is -2.54. The molecule has 1 aromatic rings. The van der Waals surface area contributed by atoms with Crippen LogP contribution in [0.3, 0.4) is 0 Å². The molecule has 0 spiro atoms. The maximum atomic E-state index is 11.6. The van der Waals surface area contributed by atoms with Gasteiger partial charge in [-0.1, -0.05) is 30.3 Å². The molecule has 4 nitrogen and oxygen atoms in total. The summed E-state index contributed by atoms with van der Waals surface area (Å²) < 4.78 is 0. The van der Waals surface area contributed by atoms with Gasteiger partial charge in [-0.15, -0.1) is 0 Å². The van der Waals surface area contributed by atoms with Crippen LogP contribution in [0.5, 0.6) is 0 Å². The molecule has 0 bridgehead atoms. The van der Waals surface area contributed by atoms with Crippen molar-refractivity contribution in [2.24, 2.45) is 11.7 Å². The van der Waals surface area contributed by atoms with Gasteiger partial charge in [0.25, 0.3) is 0 Å². The second kappa shape index (κ2) is 5.31. The molecule has 1 aliphatic carbocycles. The van der Waals surface area contributed by atoms with Crippen molar-refractivity contribution in [2.75, 3.05) is 13.6 Å². The topological polar surface area (TPSA) is 66.6 Å². The van der Waals surface area contributed by atoms with Gasteiger partial charge in [-0.3, -0.25) is 0 Å². The number of rotatable bonds is 6. The number of hydrogen-bond acceptors (Lipinski definition) is 3. The summed E-state index contributed by atoms with van der Waals surface area (Å²) in [4.78, 5) is 13.7. The number of likely N-dealkylation sites (N-methyl/N-ethyl adjacent to an activating group) is 1. The van der Waals surface area contributed by atoms with Crippen molar-refractivity contribution >= 4 is 5.97 Å². The monoisotopic (exact) mass is 262 g/mol. The first-order valence-electron chi connectivity index (χ1n) is 6.73. The summed E-state index contributed by atoms with van der Waals surface area (Å²) >= 11 is 0. The Balaban J connectivity index is 2.17. The molecule has 3 N–H and O–H groups in total. The third-order valence-electron chi connectivity index (χ3n) is 4.17. The quantitative estimate of drug-likeness (QED) is 0.818. The molecule has 0 amide bonds. The SMILES string of the molecule is CC(C1CC1)N(C)CC(N)(C(=O)O)c1ccccc1. The Morgan fingerprint density at radius 2 is 2.05 bits per heavy atom. The van der Waals surface area contributed by atoms with Gasteiger partial charge in [0.15, 0.2) is 5.54 Å². The number of carbonyl (C=O) groups is 1. The van der Waals surface area contributed by atoms with Crippen LogP contribution < -0.4 is 5.73 Å². The summed E-state index contributed by atoms with van der Waals surface area (Å²) in [5.41, 5.74) is 5.48. The summed E-state index contributed by atoms with van der Waals surface area (Å²) in [7, 11) is 1.95. The van der Waals surface area contributed by atoms with Gasteiger partial charge >= 0.3 is 5.97 Å². The molecule has 19 heavy (non-hydrogen) atoms. The lowest BCUT2D eigenvalue weighted by molar-refractivity contribution is -0.144. The van der Waals surface area contributed by atoms with Crippen molar-refractivity contribution in [3.63, 3.8) is 0 Å². The molecule has 1 fully saturated rings. The van der Waals surface area contributed by atoms with Crippen LogP contribution in [0.15, 0.2) is 30.3 Å². The van der Waals surface area contributed by atoms with Gasteiger partial charge in [-0.25, -0.2) is 4.79 Å². The minimum absolute atomic E-state index is 0.323. The Kier molecular flexibility index (Phi) is 3.92. The van der Waals surface area contributed by atoms with E-state index >= 15 is 0 Å². The number of carboxylic acid groups (broad SMARTS) is 1. The van der Waals surface area contributed by atoms with E-state index in [-0.39, 0.29) is 0 Å². The van der Waals surface area contributed by atoms with Crippen LogP contribution in [-0.4, -0.2) is 35.6 Å². The Bertz CT molecular complexity index is 445. The van der Waals surface area contributed by atoms with Gasteiger partial charge in [0.2, 0.25) is 0 Å². The molecule has 1 saturated carbocycles. The van der Waals surface area contributed by atoms with Crippen LogP contribution in [0.1, 0.15) is 25.3 Å². The van der Waals surface area contributed by atoms with Gasteiger partial charge in [0.05, 0.1) is 0 Å². The zero-order valence-corrected chi connectivity index (χ0v) is 11.5. The zero-order chi connectivity index (χ0) is 14.0. The molecule has 2 atom stereocenters. The number of hydrogen-bond donors (Lipinski definition) is 2. The maximum absolute atomic E-state index is 11.6. The Hall–Kier alpha value is -1.39. The van der Waals surface area contributed by atoms with Crippen molar-refractivity contribution in [1.29, 1.82) is 0 Å². The number of benzene rings is 1. The molecule has 2 rings (SSSR count). The van der Waals surface area contributed by atoms with Crippen LogP contribution in [0, 0.1) is 5.92 Å². The largest absolute Gasteiger partial charge is 0.480 e. The first kappa shape index (κ1) is 14.0. The van der Waals surface area contributed by atoms with Gasteiger partial charge < -0.3 is 15.7 Å². The van der Waals surface area contributed by atoms with Crippen LogP contribution in [0.2, 0.25) is 0 Å². The van der Waals surface area contributed by atoms with Crippen molar-refractivity contribution in [2.45, 2.75) is 31.3 Å². The molecule has 0 saturated heterocycles. The van der Waals surface area contributed by atoms with E-state index in [1.807, 2.05) is 25.2 Å². The molecule has 4 heteroatoms. The first-order chi connectivity index (χ1) is 8.95. The number of nitrogens with two attached hydrogens (primary N) is 1. The Morgan fingerprint density at radius 1 is 1.47 bits per heavy atom. The highest BCUT2D eigenvalue weighted by atomic mass is 16.4. The highest BCUT2D eigenvalue weighted by Gasteiger charge is 2.40. The van der Waals surface area contributed by atoms with E-state index in [0.29, 0.717) is 24.1 Å². The van der Waals surface area contributed by atoms with Crippen LogP contribution >= 0.6 is 0 Å². The number of nitrogens with zero attached hydrogens (tertiary/aromatic N) is 1. The third kappa shape index (κ3) is 2.96. The van der Waals surface area contributed by atoms with Gasteiger partial charge in [-0.05, 0) is 38.3 Å². The summed E-state index contributed by atoms with van der Waals surface area (Å²) in [6.07, 6.45) is 2.48. The molecular weight excluding hydrogens is 240 g/mol. The van der Waals surface area contributed by atoms with E-state index in [4.69, 9.17) is 5.73 Å². The van der Waals surface area contributed by atoms with Gasteiger partial charge in [0.1, 0.15) is 0 Å². The summed E-state index contributed by atoms with van der Waals surface area (Å²) in [5.74, 6) is -0.285. The van der Waals surface area contributed by atoms with E-state index in [1.165, 1.54) is 12.8 Å². The average molecular weight is 262 g/mol. The molecule has 1 aliphatic rings. The predicted octanol–water partition coefficient (Wildman–Crippen LogP) is 1.66. The van der Waals surface area contributed by atoms with Gasteiger partial charge in [-0.2, -0.15) is 0 Å². The molecule has 0 heterocycles. The van der Waals surface area contributed by atoms with E-state index in [2.05, 4.69) is 11.8 Å². The first-order valence-corrected chi connectivity index (χ1v) is 6.73. The predicted molar refractivity (Wildman–Crippen MR) is 74.8 cm³/mol. The summed E-state index contributed by atoms with van der Waals surface area (Å²) in [6.45, 7) is 2.47. The molecule has 0 radical (unpaired) electrons. The second-order valence-corrected chi connectivity index (χ2v) is 5.64. The molecule has 0 aliphatic heterocycles. The fraction of sp³-hybridized carbons (Fsp3) is 0.533. The van der Waals surface area contributed by atoms with Crippen molar-refractivity contribution in [3.8, 4) is 0 Å². The molecule has 0 aromatic heterocycles. The third-order valence-corrected chi connectivity index (χ3v) is 4.17. The molecule has 1 aromatic carbocycles. The van der Waals surface area contributed by atoms with Crippen molar-refractivity contribution in [3.05, 3.63) is 35.9 Å². The van der Waals surface area contributed by atoms with E-state index in [0.717, 1.165) is 0 Å². The zero-order valence-electron chi connectivity index (χ0n) is 11.5. The average Bonchev–Trinajstić information content (AvgIpc) is 3.22. The van der Waals surface area contributed by atoms with Crippen molar-refractivity contribution in [1.82, 2.24) is 4.90 Å². The normalized spacial score (nSPS) is 20.0. The second-order valence-electron chi connectivity index (χ2n) is 5.64. The highest BCUT2D eigenvalue weighted by Crippen LogP contribution is 2.35. The smallest absolute Gasteiger partial charge is 0.329 e. The Morgan fingerprint density at radius 3 is 2.53 bits per heavy atom. The van der Waals surface area contributed by atoms with Crippen LogP contribution in [0.4, 0.5) is 0 Å². The standard InChI is InChI=1S/C15H22N2O2/c1-11(12-8-9-12)17(2)10-15(16,14(18)19)13-6-4-3-5-7-13/h3-7,11-12H,8-10,16H2,1-2H3,(H,18,19). The van der Waals surface area contributed by atoms with Crippen molar-refractivity contribution < 1.29 is 9.90 Å². The fourth-order valence-electron chi connectivity index (χ4n) is 2.49. The minimum atomic E-state index is -1.35. The number of carboxylic acids is 1. The van der Waals surface area contributed by atoms with E-state index in [1.54, 1.807) is 12.1 Å². The highest BCUT2D eigenvalue weighted by molar-refractivity contribution is 5.80. The summed E-state index contributed by atoms with van der Waals surface area (Å²) in [6, 6.07) is 9.45. The maximum Gasteiger partial charge on any atom is 0.329 e. The molecule has 104 valence electrons. The van der Waals surface area contributed by atoms with Crippen LogP contribution in [0.25, 0.3) is 0 Å². The Labute approximate surface area is 114 Å². The van der Waals surface area contributed by atoms with E-state index < -0.39 is 11.5 Å². The number of aliphatic carboxylic acids is 1. The summed E-state index contributed by atoms with van der Waals surface area (Å²) in [5, 5.41) is 9.52. The lowest BCUT2D eigenvalue weighted by Gasteiger charge is -2.33. The lowest BCUT2D eigenvalue weighted by atomic mass is 9.90. The molecule has 2 unspecified atom stereocenters. The van der Waals surface area contributed by atoms with Crippen LogP contribution in [-0.2, 0) is 10.3 Å². The minimum Gasteiger partial charge on any atom is -0.480 e. The molecular formula is C15H22N2O2. The fourth-order valence-corrected chi connectivity index (χ4v) is 2.49.